The van der Waals surface area contributed by atoms with Crippen LogP contribution in [0.2, 0.25) is 0 Å². The maximum Gasteiger partial charge on any atom is 0.307 e. The van der Waals surface area contributed by atoms with Gasteiger partial charge < -0.3 is 16.2 Å². The minimum Gasteiger partial charge on any atom is -0.481 e. The smallest absolute Gasteiger partial charge is 0.307 e. The third-order valence-corrected chi connectivity index (χ3v) is 7.16. The van der Waals surface area contributed by atoms with Crippen LogP contribution in [0.5, 0.6) is 0 Å². The lowest BCUT2D eigenvalue weighted by Gasteiger charge is -2.29. The van der Waals surface area contributed by atoms with Crippen LogP contribution in [0.15, 0.2) is 35.4 Å². The highest BCUT2D eigenvalue weighted by Gasteiger charge is 2.38. The second kappa shape index (κ2) is 9.06. The number of hydrogen-bond donors (Lipinski definition) is 3. The third-order valence-electron chi connectivity index (χ3n) is 6.14. The molecule has 0 aliphatic heterocycles. The maximum absolute atomic E-state index is 13.1. The zero-order valence-corrected chi connectivity index (χ0v) is 19.1. The first-order valence-electron chi connectivity index (χ1n) is 10.3. The summed E-state index contributed by atoms with van der Waals surface area (Å²) in [6.45, 7) is 7.79. The number of hydrogen-bond acceptors (Lipinski definition) is 4. The molecule has 0 unspecified atom stereocenters. The predicted octanol–water partition coefficient (Wildman–Crippen LogP) is 4.77. The van der Waals surface area contributed by atoms with E-state index in [-0.39, 0.29) is 5.56 Å². The molecule has 0 bridgehead atoms. The summed E-state index contributed by atoms with van der Waals surface area (Å²) in [6.07, 6.45) is 1.64. The number of carboxylic acid groups (broad SMARTS) is 1. The number of primary amides is 1. The number of nitrogens with one attached hydrogen (secondary N) is 1. The molecule has 0 fully saturated rings. The molecule has 1 aliphatic rings. The molecule has 7 heteroatoms. The van der Waals surface area contributed by atoms with Crippen molar-refractivity contribution in [3.63, 3.8) is 0 Å². The standard InChI is InChI=1S/C24H28N2O4S/c1-5-15-6-8-16(9-7-15)19-14(4)31-23(20(19)21(25)27)26-22(28)17-10-12(2)13(3)11-18(17)24(29)30/h6-9,17-18H,5,10-11H2,1-4H3,(H2,25,27)(H,26,28)(H,29,30)/t17-,18+/m0/s1. The van der Waals surface area contributed by atoms with Gasteiger partial charge in [-0.15, -0.1) is 11.3 Å². The summed E-state index contributed by atoms with van der Waals surface area (Å²) >= 11 is 1.29. The van der Waals surface area contributed by atoms with Gasteiger partial charge in [-0.3, -0.25) is 14.4 Å². The average molecular weight is 441 g/mol. The quantitative estimate of drug-likeness (QED) is 0.562. The molecule has 3 rings (SSSR count). The van der Waals surface area contributed by atoms with Gasteiger partial charge in [0.25, 0.3) is 5.91 Å². The summed E-state index contributed by atoms with van der Waals surface area (Å²) in [5.74, 6) is -3.49. The molecule has 1 aromatic heterocycles. The van der Waals surface area contributed by atoms with E-state index >= 15 is 0 Å². The molecule has 6 nitrogen and oxygen atoms in total. The molecular formula is C24H28N2O4S. The van der Waals surface area contributed by atoms with E-state index < -0.39 is 29.6 Å². The maximum atomic E-state index is 13.1. The Morgan fingerprint density at radius 2 is 1.65 bits per heavy atom. The monoisotopic (exact) mass is 440 g/mol. The first kappa shape index (κ1) is 22.7. The van der Waals surface area contributed by atoms with Gasteiger partial charge in [-0.2, -0.15) is 0 Å². The predicted molar refractivity (Wildman–Crippen MR) is 123 cm³/mol. The van der Waals surface area contributed by atoms with Gasteiger partial charge >= 0.3 is 5.97 Å². The zero-order valence-electron chi connectivity index (χ0n) is 18.2. The number of aryl methyl sites for hydroxylation is 2. The zero-order chi connectivity index (χ0) is 22.9. The summed E-state index contributed by atoms with van der Waals surface area (Å²) in [6, 6.07) is 7.91. The molecular weight excluding hydrogens is 412 g/mol. The van der Waals surface area contributed by atoms with Crippen LogP contribution in [0.1, 0.15) is 54.4 Å². The van der Waals surface area contributed by atoms with Gasteiger partial charge in [-0.05, 0) is 51.2 Å². The van der Waals surface area contributed by atoms with Gasteiger partial charge in [-0.1, -0.05) is 42.3 Å². The van der Waals surface area contributed by atoms with Gasteiger partial charge in [0, 0.05) is 10.4 Å². The summed E-state index contributed by atoms with van der Waals surface area (Å²) in [5, 5.41) is 12.8. The fourth-order valence-corrected chi connectivity index (χ4v) is 5.24. The normalized spacial score (nSPS) is 18.7. The fraction of sp³-hybridized carbons (Fsp3) is 0.375. The van der Waals surface area contributed by atoms with Crippen LogP contribution in [-0.2, 0) is 16.0 Å². The number of benzene rings is 1. The van der Waals surface area contributed by atoms with Crippen LogP contribution < -0.4 is 11.1 Å². The van der Waals surface area contributed by atoms with Crippen LogP contribution in [-0.4, -0.2) is 22.9 Å². The van der Waals surface area contributed by atoms with Crippen LogP contribution >= 0.6 is 11.3 Å². The molecule has 2 aromatic rings. The van der Waals surface area contributed by atoms with E-state index in [4.69, 9.17) is 5.73 Å². The van der Waals surface area contributed by atoms with Gasteiger partial charge in [-0.25, -0.2) is 0 Å². The molecule has 0 spiro atoms. The first-order valence-corrected chi connectivity index (χ1v) is 11.2. The number of amides is 2. The molecule has 0 saturated heterocycles. The molecule has 1 aliphatic carbocycles. The third kappa shape index (κ3) is 4.56. The van der Waals surface area contributed by atoms with Crippen molar-refractivity contribution < 1.29 is 19.5 Å². The average Bonchev–Trinajstić information content (AvgIpc) is 3.05. The highest BCUT2D eigenvalue weighted by molar-refractivity contribution is 7.17. The Kier molecular flexibility index (Phi) is 6.65. The van der Waals surface area contributed by atoms with Crippen LogP contribution in [0.3, 0.4) is 0 Å². The van der Waals surface area contributed by atoms with Crippen LogP contribution in [0, 0.1) is 18.8 Å². The number of anilines is 1. The Labute approximate surface area is 186 Å². The van der Waals surface area contributed by atoms with E-state index in [9.17, 15) is 19.5 Å². The lowest BCUT2D eigenvalue weighted by atomic mass is 9.76. The Morgan fingerprint density at radius 1 is 1.06 bits per heavy atom. The molecule has 0 radical (unpaired) electrons. The van der Waals surface area contributed by atoms with E-state index in [2.05, 4.69) is 12.2 Å². The van der Waals surface area contributed by atoms with E-state index in [1.807, 2.05) is 45.0 Å². The summed E-state index contributed by atoms with van der Waals surface area (Å²) in [7, 11) is 0. The van der Waals surface area contributed by atoms with Crippen molar-refractivity contribution in [1.82, 2.24) is 0 Å². The molecule has 2 atom stereocenters. The Bertz CT molecular complexity index is 1070. The van der Waals surface area contributed by atoms with E-state index in [1.165, 1.54) is 16.9 Å². The number of allylic oxidation sites excluding steroid dienone is 2. The number of rotatable bonds is 6. The van der Waals surface area contributed by atoms with Crippen molar-refractivity contribution >= 4 is 34.1 Å². The van der Waals surface area contributed by atoms with Crippen molar-refractivity contribution in [2.45, 2.75) is 47.0 Å². The number of carbonyl (C=O) groups is 3. The van der Waals surface area contributed by atoms with Crippen molar-refractivity contribution in [1.29, 1.82) is 0 Å². The first-order chi connectivity index (χ1) is 14.6. The summed E-state index contributed by atoms with van der Waals surface area (Å²) in [4.78, 5) is 38.1. The van der Waals surface area contributed by atoms with Crippen molar-refractivity contribution in [3.8, 4) is 11.1 Å². The Hall–Kier alpha value is -2.93. The van der Waals surface area contributed by atoms with Crippen LogP contribution in [0.25, 0.3) is 11.1 Å². The molecule has 2 amide bonds. The summed E-state index contributed by atoms with van der Waals surface area (Å²) < 4.78 is 0. The Morgan fingerprint density at radius 3 is 2.16 bits per heavy atom. The van der Waals surface area contributed by atoms with Gasteiger partial charge in [0.1, 0.15) is 5.00 Å². The number of thiophene rings is 1. The van der Waals surface area contributed by atoms with E-state index in [0.717, 1.165) is 28.0 Å². The van der Waals surface area contributed by atoms with Gasteiger partial charge in [0.05, 0.1) is 17.4 Å². The van der Waals surface area contributed by atoms with Gasteiger partial charge in [0.2, 0.25) is 5.91 Å². The van der Waals surface area contributed by atoms with Crippen molar-refractivity contribution in [2.24, 2.45) is 17.6 Å². The molecule has 4 N–H and O–H groups in total. The fourth-order valence-electron chi connectivity index (χ4n) is 4.15. The van der Waals surface area contributed by atoms with E-state index in [1.54, 1.807) is 0 Å². The van der Waals surface area contributed by atoms with Crippen molar-refractivity contribution in [2.75, 3.05) is 5.32 Å². The van der Waals surface area contributed by atoms with Gasteiger partial charge in [0.15, 0.2) is 0 Å². The number of aliphatic carboxylic acids is 1. The highest BCUT2D eigenvalue weighted by Crippen LogP contribution is 2.41. The molecule has 0 saturated carbocycles. The van der Waals surface area contributed by atoms with E-state index in [0.29, 0.717) is 23.4 Å². The Balaban J connectivity index is 1.97. The molecule has 31 heavy (non-hydrogen) atoms. The number of carboxylic acids is 1. The second-order valence-electron chi connectivity index (χ2n) is 8.16. The minimum absolute atomic E-state index is 0.270. The minimum atomic E-state index is -0.985. The lowest BCUT2D eigenvalue weighted by molar-refractivity contribution is -0.146. The van der Waals surface area contributed by atoms with Crippen LogP contribution in [0.4, 0.5) is 5.00 Å². The molecule has 164 valence electrons. The number of carbonyl (C=O) groups excluding carboxylic acids is 2. The molecule has 1 heterocycles. The topological polar surface area (TPSA) is 109 Å². The highest BCUT2D eigenvalue weighted by atomic mass is 32.1. The second-order valence-corrected chi connectivity index (χ2v) is 9.39. The van der Waals surface area contributed by atoms with Crippen molar-refractivity contribution in [3.05, 3.63) is 51.4 Å². The molecule has 1 aromatic carbocycles. The largest absolute Gasteiger partial charge is 0.481 e. The SMILES string of the molecule is CCc1ccc(-c2c(C)sc(NC(=O)[C@H]3CC(C)=C(C)C[C@H]3C(=O)O)c2C(N)=O)cc1. The lowest BCUT2D eigenvalue weighted by Crippen LogP contribution is -2.36. The summed E-state index contributed by atoms with van der Waals surface area (Å²) in [5.41, 5.74) is 10.8. The number of nitrogens with two attached hydrogens (primary N) is 1.